The molecule has 1 aromatic heterocycles. The van der Waals surface area contributed by atoms with Crippen LogP contribution >= 0.6 is 0 Å². The van der Waals surface area contributed by atoms with Gasteiger partial charge in [0.05, 0.1) is 18.5 Å². The number of carbonyl (C=O) groups excluding carboxylic acids is 1. The number of likely N-dealkylation sites (N-methyl/N-ethyl adjacent to an activating group) is 1. The number of pyridine rings is 1. The Morgan fingerprint density at radius 2 is 2.28 bits per heavy atom. The number of rotatable bonds is 7. The number of nitrogens with one attached hydrogen (secondary N) is 1. The van der Waals surface area contributed by atoms with Gasteiger partial charge < -0.3 is 20.7 Å². The van der Waals surface area contributed by atoms with Gasteiger partial charge in [-0.05, 0) is 19.2 Å². The van der Waals surface area contributed by atoms with Gasteiger partial charge in [0.25, 0.3) is 5.91 Å². The summed E-state index contributed by atoms with van der Waals surface area (Å²) in [4.78, 5) is 17.7. The topological polar surface area (TPSA) is 80.5 Å². The second-order valence-electron chi connectivity index (χ2n) is 4.03. The van der Waals surface area contributed by atoms with E-state index in [1.807, 2.05) is 7.05 Å². The number of anilines is 1. The summed E-state index contributed by atoms with van der Waals surface area (Å²) in [5.41, 5.74) is 6.43. The Balaban J connectivity index is 2.27. The van der Waals surface area contributed by atoms with Crippen molar-refractivity contribution < 1.29 is 9.53 Å². The third kappa shape index (κ3) is 5.11. The molecule has 0 bridgehead atoms. The number of nitrogen functional groups attached to an aromatic ring is 1. The maximum atomic E-state index is 11.7. The van der Waals surface area contributed by atoms with Crippen molar-refractivity contribution in [3.05, 3.63) is 24.0 Å². The number of methoxy groups -OCH3 is 1. The minimum absolute atomic E-state index is 0.185. The van der Waals surface area contributed by atoms with Crippen LogP contribution in [0.15, 0.2) is 18.3 Å². The van der Waals surface area contributed by atoms with Crippen molar-refractivity contribution in [2.45, 2.75) is 0 Å². The van der Waals surface area contributed by atoms with Gasteiger partial charge in [-0.25, -0.2) is 4.98 Å². The van der Waals surface area contributed by atoms with Crippen molar-refractivity contribution in [1.29, 1.82) is 0 Å². The third-order valence-corrected chi connectivity index (χ3v) is 2.48. The first kappa shape index (κ1) is 14.4. The van der Waals surface area contributed by atoms with Crippen LogP contribution in [-0.2, 0) is 4.74 Å². The Bertz CT molecular complexity index is 367. The number of hydrogen-bond donors (Lipinski definition) is 2. The molecule has 0 saturated heterocycles. The van der Waals surface area contributed by atoms with Crippen molar-refractivity contribution in [3.63, 3.8) is 0 Å². The molecule has 1 aromatic rings. The van der Waals surface area contributed by atoms with Gasteiger partial charge >= 0.3 is 0 Å². The van der Waals surface area contributed by atoms with E-state index in [4.69, 9.17) is 10.5 Å². The van der Waals surface area contributed by atoms with Crippen molar-refractivity contribution in [2.24, 2.45) is 0 Å². The molecule has 1 heterocycles. The standard InChI is InChI=1S/C12H20N4O2/c1-16(7-8-18-2)6-5-14-12(17)11-4-3-10(13)9-15-11/h3-4,9H,5-8,13H2,1-2H3,(H,14,17). The van der Waals surface area contributed by atoms with Crippen LogP contribution in [0.2, 0.25) is 0 Å². The van der Waals surface area contributed by atoms with Crippen LogP contribution in [0.25, 0.3) is 0 Å². The molecule has 18 heavy (non-hydrogen) atoms. The molecule has 0 saturated carbocycles. The zero-order valence-electron chi connectivity index (χ0n) is 10.8. The molecule has 6 nitrogen and oxygen atoms in total. The van der Waals surface area contributed by atoms with Crippen LogP contribution in [0, 0.1) is 0 Å². The molecule has 1 rings (SSSR count). The van der Waals surface area contributed by atoms with Crippen LogP contribution in [-0.4, -0.2) is 56.2 Å². The van der Waals surface area contributed by atoms with Gasteiger partial charge in [-0.15, -0.1) is 0 Å². The number of hydrogen-bond acceptors (Lipinski definition) is 5. The van der Waals surface area contributed by atoms with E-state index >= 15 is 0 Å². The smallest absolute Gasteiger partial charge is 0.269 e. The van der Waals surface area contributed by atoms with Gasteiger partial charge in [-0.2, -0.15) is 0 Å². The molecule has 100 valence electrons. The van der Waals surface area contributed by atoms with Crippen molar-refractivity contribution in [1.82, 2.24) is 15.2 Å². The van der Waals surface area contributed by atoms with Gasteiger partial charge in [-0.3, -0.25) is 4.79 Å². The highest BCUT2D eigenvalue weighted by Gasteiger charge is 2.06. The predicted octanol–water partition coefficient (Wildman–Crippen LogP) is -0.0282. The highest BCUT2D eigenvalue weighted by atomic mass is 16.5. The average Bonchev–Trinajstić information content (AvgIpc) is 2.37. The fourth-order valence-corrected chi connectivity index (χ4v) is 1.35. The molecule has 0 spiro atoms. The molecule has 0 aliphatic carbocycles. The predicted molar refractivity (Wildman–Crippen MR) is 70.4 cm³/mol. The molecular formula is C12H20N4O2. The van der Waals surface area contributed by atoms with Crippen molar-refractivity contribution in [2.75, 3.05) is 46.1 Å². The highest BCUT2D eigenvalue weighted by molar-refractivity contribution is 5.92. The van der Waals surface area contributed by atoms with E-state index in [0.717, 1.165) is 13.1 Å². The van der Waals surface area contributed by atoms with Crippen LogP contribution in [0.4, 0.5) is 5.69 Å². The molecule has 0 aromatic carbocycles. The Morgan fingerprint density at radius 3 is 2.89 bits per heavy atom. The Hall–Kier alpha value is -1.66. The molecule has 1 amide bonds. The maximum absolute atomic E-state index is 11.7. The summed E-state index contributed by atoms with van der Waals surface area (Å²) >= 11 is 0. The summed E-state index contributed by atoms with van der Waals surface area (Å²) in [7, 11) is 3.65. The summed E-state index contributed by atoms with van der Waals surface area (Å²) in [6, 6.07) is 3.27. The minimum atomic E-state index is -0.185. The molecule has 3 N–H and O–H groups in total. The van der Waals surface area contributed by atoms with Crippen LogP contribution in [0.5, 0.6) is 0 Å². The van der Waals surface area contributed by atoms with E-state index in [1.165, 1.54) is 6.20 Å². The highest BCUT2D eigenvalue weighted by Crippen LogP contribution is 2.00. The molecule has 0 radical (unpaired) electrons. The van der Waals surface area contributed by atoms with Crippen LogP contribution in [0.3, 0.4) is 0 Å². The normalized spacial score (nSPS) is 10.6. The first-order valence-electron chi connectivity index (χ1n) is 5.80. The van der Waals surface area contributed by atoms with Crippen LogP contribution in [0.1, 0.15) is 10.5 Å². The summed E-state index contributed by atoms with van der Waals surface area (Å²) in [5, 5.41) is 2.80. The lowest BCUT2D eigenvalue weighted by atomic mass is 10.3. The third-order valence-electron chi connectivity index (χ3n) is 2.48. The first-order valence-corrected chi connectivity index (χ1v) is 5.80. The molecule has 0 unspecified atom stereocenters. The van der Waals surface area contributed by atoms with Gasteiger partial charge in [-0.1, -0.05) is 0 Å². The van der Waals surface area contributed by atoms with E-state index < -0.39 is 0 Å². The number of aromatic nitrogens is 1. The lowest BCUT2D eigenvalue weighted by molar-refractivity contribution is 0.0942. The first-order chi connectivity index (χ1) is 8.63. The van der Waals surface area contributed by atoms with Crippen molar-refractivity contribution in [3.8, 4) is 0 Å². The number of nitrogens with zero attached hydrogens (tertiary/aromatic N) is 2. The van der Waals surface area contributed by atoms with E-state index in [2.05, 4.69) is 15.2 Å². The lowest BCUT2D eigenvalue weighted by Crippen LogP contribution is -2.34. The quantitative estimate of drug-likeness (QED) is 0.712. The number of ether oxygens (including phenoxy) is 1. The van der Waals surface area contributed by atoms with E-state index in [9.17, 15) is 4.79 Å². The number of nitrogens with two attached hydrogens (primary N) is 1. The summed E-state index contributed by atoms with van der Waals surface area (Å²) < 4.78 is 4.97. The van der Waals surface area contributed by atoms with Crippen LogP contribution < -0.4 is 11.1 Å². The van der Waals surface area contributed by atoms with Crippen molar-refractivity contribution >= 4 is 11.6 Å². The van der Waals surface area contributed by atoms with E-state index in [-0.39, 0.29) is 5.91 Å². The zero-order valence-corrected chi connectivity index (χ0v) is 10.8. The summed E-state index contributed by atoms with van der Waals surface area (Å²) in [5.74, 6) is -0.185. The summed E-state index contributed by atoms with van der Waals surface area (Å²) in [6.07, 6.45) is 1.47. The minimum Gasteiger partial charge on any atom is -0.397 e. The SMILES string of the molecule is COCCN(C)CCNC(=O)c1ccc(N)cn1. The summed E-state index contributed by atoms with van der Waals surface area (Å²) in [6.45, 7) is 2.87. The van der Waals surface area contributed by atoms with E-state index in [0.29, 0.717) is 24.5 Å². The van der Waals surface area contributed by atoms with Gasteiger partial charge in [0, 0.05) is 26.7 Å². The second kappa shape index (κ2) is 7.62. The van der Waals surface area contributed by atoms with Gasteiger partial charge in [0.15, 0.2) is 0 Å². The monoisotopic (exact) mass is 252 g/mol. The number of carbonyl (C=O) groups is 1. The molecule has 6 heteroatoms. The zero-order chi connectivity index (χ0) is 13.4. The molecule has 0 fully saturated rings. The molecule has 0 aliphatic rings. The molecule has 0 aliphatic heterocycles. The lowest BCUT2D eigenvalue weighted by Gasteiger charge is -2.15. The Morgan fingerprint density at radius 1 is 1.50 bits per heavy atom. The largest absolute Gasteiger partial charge is 0.397 e. The second-order valence-corrected chi connectivity index (χ2v) is 4.03. The molecule has 0 atom stereocenters. The van der Waals surface area contributed by atoms with Gasteiger partial charge in [0.2, 0.25) is 0 Å². The van der Waals surface area contributed by atoms with Gasteiger partial charge in [0.1, 0.15) is 5.69 Å². The fraction of sp³-hybridized carbons (Fsp3) is 0.500. The average molecular weight is 252 g/mol. The fourth-order valence-electron chi connectivity index (χ4n) is 1.35. The maximum Gasteiger partial charge on any atom is 0.269 e. The Kier molecular flexibility index (Phi) is 6.10. The number of amides is 1. The van der Waals surface area contributed by atoms with E-state index in [1.54, 1.807) is 19.2 Å². The Labute approximate surface area is 107 Å². The molecular weight excluding hydrogens is 232 g/mol.